The summed E-state index contributed by atoms with van der Waals surface area (Å²) in [6, 6.07) is 11.9. The van der Waals surface area contributed by atoms with E-state index in [1.165, 1.54) is 30.4 Å². The lowest BCUT2D eigenvalue weighted by atomic mass is 9.84. The van der Waals surface area contributed by atoms with Gasteiger partial charge in [0.15, 0.2) is 0 Å². The van der Waals surface area contributed by atoms with Gasteiger partial charge in [-0.1, -0.05) is 32.4 Å². The zero-order valence-corrected chi connectivity index (χ0v) is 17.2. The number of carbonyl (C=O) groups excluding carboxylic acids is 1. The van der Waals surface area contributed by atoms with Crippen molar-refractivity contribution in [3.63, 3.8) is 0 Å². The first-order valence-corrected chi connectivity index (χ1v) is 9.99. The minimum absolute atomic E-state index is 0.100. The fourth-order valence-corrected chi connectivity index (χ4v) is 3.84. The van der Waals surface area contributed by atoms with E-state index in [9.17, 15) is 4.79 Å². The van der Waals surface area contributed by atoms with E-state index in [2.05, 4.69) is 43.0 Å². The van der Waals surface area contributed by atoms with Crippen molar-refractivity contribution in [3.8, 4) is 5.75 Å². The van der Waals surface area contributed by atoms with Crippen LogP contribution in [0, 0.1) is 0 Å². The summed E-state index contributed by atoms with van der Waals surface area (Å²) in [6.07, 6.45) is 5.80. The molecule has 0 bridgehead atoms. The van der Waals surface area contributed by atoms with Gasteiger partial charge in [-0.2, -0.15) is 0 Å². The molecule has 3 rings (SSSR count). The first kappa shape index (κ1) is 20.1. The number of anilines is 1. The standard InChI is InChI=1S/C24H30N2O2/c1-24(2,16-25-3)20-12-10-17(11-13-20)23(27)26-21-14-18-8-6-5-7-9-19(18)15-22(21)28-4/h10-15H,3,5-9,16H2,1-2,4H3,(H,26,27). The Balaban J connectivity index is 1.81. The first-order chi connectivity index (χ1) is 13.4. The van der Waals surface area contributed by atoms with Crippen LogP contribution in [0.2, 0.25) is 0 Å². The highest BCUT2D eigenvalue weighted by Crippen LogP contribution is 2.32. The summed E-state index contributed by atoms with van der Waals surface area (Å²) in [7, 11) is 1.65. The average molecular weight is 379 g/mol. The van der Waals surface area contributed by atoms with E-state index >= 15 is 0 Å². The molecule has 0 radical (unpaired) electrons. The lowest BCUT2D eigenvalue weighted by Gasteiger charge is -2.23. The molecule has 0 unspecified atom stereocenters. The summed E-state index contributed by atoms with van der Waals surface area (Å²) < 4.78 is 5.55. The number of aryl methyl sites for hydroxylation is 2. The highest BCUT2D eigenvalue weighted by atomic mass is 16.5. The van der Waals surface area contributed by atoms with Crippen LogP contribution in [0.1, 0.15) is 60.2 Å². The topological polar surface area (TPSA) is 50.7 Å². The SMILES string of the molecule is C=NCC(C)(C)c1ccc(C(=O)Nc2cc3c(cc2OC)CCCCC3)cc1. The smallest absolute Gasteiger partial charge is 0.255 e. The third-order valence-electron chi connectivity index (χ3n) is 5.60. The molecule has 0 aromatic heterocycles. The number of rotatable bonds is 6. The molecular formula is C24H30N2O2. The molecule has 0 fully saturated rings. The van der Waals surface area contributed by atoms with Crippen LogP contribution in [0.25, 0.3) is 0 Å². The van der Waals surface area contributed by atoms with Gasteiger partial charge < -0.3 is 15.0 Å². The van der Waals surface area contributed by atoms with Crippen LogP contribution < -0.4 is 10.1 Å². The van der Waals surface area contributed by atoms with Gasteiger partial charge in [-0.25, -0.2) is 0 Å². The summed E-state index contributed by atoms with van der Waals surface area (Å²) in [6.45, 7) is 8.48. The van der Waals surface area contributed by atoms with Gasteiger partial charge in [-0.15, -0.1) is 0 Å². The Kier molecular flexibility index (Phi) is 6.18. The number of ether oxygens (including phenoxy) is 1. The van der Waals surface area contributed by atoms with Crippen molar-refractivity contribution in [3.05, 3.63) is 58.7 Å². The minimum Gasteiger partial charge on any atom is -0.495 e. The second-order valence-corrected chi connectivity index (χ2v) is 8.18. The van der Waals surface area contributed by atoms with Crippen LogP contribution in [-0.2, 0) is 18.3 Å². The molecule has 4 heteroatoms. The third kappa shape index (κ3) is 4.44. The van der Waals surface area contributed by atoms with Gasteiger partial charge >= 0.3 is 0 Å². The van der Waals surface area contributed by atoms with Gasteiger partial charge in [0.25, 0.3) is 5.91 Å². The molecule has 0 saturated heterocycles. The van der Waals surface area contributed by atoms with Crippen molar-refractivity contribution in [1.82, 2.24) is 0 Å². The number of fused-ring (bicyclic) bond motifs is 1. The highest BCUT2D eigenvalue weighted by molar-refractivity contribution is 6.05. The normalized spacial score (nSPS) is 14.0. The third-order valence-corrected chi connectivity index (χ3v) is 5.60. The van der Waals surface area contributed by atoms with Crippen molar-refractivity contribution in [2.75, 3.05) is 19.0 Å². The van der Waals surface area contributed by atoms with Gasteiger partial charge in [0.1, 0.15) is 5.75 Å². The molecule has 1 amide bonds. The Hall–Kier alpha value is -2.62. The second-order valence-electron chi connectivity index (χ2n) is 8.18. The Morgan fingerprint density at radius 2 is 1.75 bits per heavy atom. The van der Waals surface area contributed by atoms with Gasteiger partial charge in [0.05, 0.1) is 12.8 Å². The summed E-state index contributed by atoms with van der Waals surface area (Å²) in [4.78, 5) is 16.8. The highest BCUT2D eigenvalue weighted by Gasteiger charge is 2.20. The number of hydrogen-bond acceptors (Lipinski definition) is 3. The number of benzene rings is 2. The van der Waals surface area contributed by atoms with Crippen LogP contribution in [0.4, 0.5) is 5.69 Å². The fraction of sp³-hybridized carbons (Fsp3) is 0.417. The van der Waals surface area contributed by atoms with Crippen molar-refractivity contribution in [2.24, 2.45) is 4.99 Å². The van der Waals surface area contributed by atoms with E-state index in [-0.39, 0.29) is 11.3 Å². The molecular weight excluding hydrogens is 348 g/mol. The minimum atomic E-state index is -0.127. The van der Waals surface area contributed by atoms with E-state index in [4.69, 9.17) is 4.74 Å². The molecule has 0 atom stereocenters. The lowest BCUT2D eigenvalue weighted by molar-refractivity contribution is 0.102. The molecule has 28 heavy (non-hydrogen) atoms. The lowest BCUT2D eigenvalue weighted by Crippen LogP contribution is -2.21. The number of nitrogens with zero attached hydrogens (tertiary/aromatic N) is 1. The molecule has 4 nitrogen and oxygen atoms in total. The molecule has 2 aromatic carbocycles. The molecule has 148 valence electrons. The van der Waals surface area contributed by atoms with Gasteiger partial charge in [0.2, 0.25) is 0 Å². The molecule has 1 aliphatic carbocycles. The average Bonchev–Trinajstić information content (AvgIpc) is 2.92. The largest absolute Gasteiger partial charge is 0.495 e. The van der Waals surface area contributed by atoms with Crippen LogP contribution in [0.3, 0.4) is 0 Å². The number of amides is 1. The van der Waals surface area contributed by atoms with Crippen LogP contribution in [-0.4, -0.2) is 26.3 Å². The van der Waals surface area contributed by atoms with Crippen molar-refractivity contribution in [1.29, 1.82) is 0 Å². The zero-order chi connectivity index (χ0) is 20.1. The molecule has 0 saturated carbocycles. The maximum atomic E-state index is 12.8. The van der Waals surface area contributed by atoms with E-state index < -0.39 is 0 Å². The quantitative estimate of drug-likeness (QED) is 0.555. The zero-order valence-electron chi connectivity index (χ0n) is 17.2. The summed E-state index contributed by atoms with van der Waals surface area (Å²) >= 11 is 0. The predicted molar refractivity (Wildman–Crippen MR) is 116 cm³/mol. The first-order valence-electron chi connectivity index (χ1n) is 9.99. The van der Waals surface area contributed by atoms with Crippen molar-refractivity contribution < 1.29 is 9.53 Å². The molecule has 1 N–H and O–H groups in total. The molecule has 2 aromatic rings. The monoisotopic (exact) mass is 378 g/mol. The van der Waals surface area contributed by atoms with Gasteiger partial charge in [-0.3, -0.25) is 4.79 Å². The molecule has 0 heterocycles. The Bertz CT molecular complexity index is 854. The summed E-state index contributed by atoms with van der Waals surface area (Å²) in [5, 5.41) is 3.04. The van der Waals surface area contributed by atoms with Crippen molar-refractivity contribution >= 4 is 18.3 Å². The Morgan fingerprint density at radius 3 is 2.36 bits per heavy atom. The number of aliphatic imine (C=N–C) groups is 1. The number of nitrogens with one attached hydrogen (secondary N) is 1. The molecule has 1 aliphatic rings. The summed E-state index contributed by atoms with van der Waals surface area (Å²) in [5.74, 6) is 0.599. The number of carbonyl (C=O) groups is 1. The van der Waals surface area contributed by atoms with Crippen LogP contribution in [0.15, 0.2) is 41.4 Å². The van der Waals surface area contributed by atoms with E-state index in [1.54, 1.807) is 7.11 Å². The second kappa shape index (κ2) is 8.59. The fourth-order valence-electron chi connectivity index (χ4n) is 3.84. The van der Waals surface area contributed by atoms with E-state index in [1.807, 2.05) is 24.3 Å². The molecule has 0 spiro atoms. The maximum absolute atomic E-state index is 12.8. The predicted octanol–water partition coefficient (Wildman–Crippen LogP) is 5.19. The van der Waals surface area contributed by atoms with Gasteiger partial charge in [0, 0.05) is 17.5 Å². The van der Waals surface area contributed by atoms with E-state index in [0.29, 0.717) is 12.1 Å². The maximum Gasteiger partial charge on any atom is 0.255 e. The van der Waals surface area contributed by atoms with Gasteiger partial charge in [-0.05, 0) is 73.4 Å². The van der Waals surface area contributed by atoms with Crippen LogP contribution >= 0.6 is 0 Å². The summed E-state index contributed by atoms with van der Waals surface area (Å²) in [5.41, 5.74) is 5.07. The van der Waals surface area contributed by atoms with E-state index in [0.717, 1.165) is 29.8 Å². The number of methoxy groups -OCH3 is 1. The van der Waals surface area contributed by atoms with Crippen molar-refractivity contribution in [2.45, 2.75) is 51.4 Å². The molecule has 0 aliphatic heterocycles. The number of hydrogen-bond donors (Lipinski definition) is 1. The van der Waals surface area contributed by atoms with Crippen LogP contribution in [0.5, 0.6) is 5.75 Å². The Morgan fingerprint density at radius 1 is 1.11 bits per heavy atom. The Labute approximate surface area is 168 Å².